The van der Waals surface area contributed by atoms with Crippen molar-refractivity contribution in [2.75, 3.05) is 0 Å². The molecule has 28 heavy (non-hydrogen) atoms. The highest BCUT2D eigenvalue weighted by Gasteiger charge is 2.68. The molecule has 0 heterocycles. The maximum Gasteiger partial charge on any atom is 0.420 e. The van der Waals surface area contributed by atoms with Gasteiger partial charge in [-0.25, -0.2) is 8.42 Å². The highest BCUT2D eigenvalue weighted by molar-refractivity contribution is 7.89. The highest BCUT2D eigenvalue weighted by atomic mass is 32.2. The van der Waals surface area contributed by atoms with Crippen LogP contribution >= 0.6 is 0 Å². The zero-order chi connectivity index (χ0) is 22.2. The fourth-order valence-corrected chi connectivity index (χ4v) is 2.52. The zero-order valence-corrected chi connectivity index (χ0v) is 14.5. The van der Waals surface area contributed by atoms with Gasteiger partial charge in [0.05, 0.1) is 10.5 Å². The third kappa shape index (κ3) is 5.21. The van der Waals surface area contributed by atoms with E-state index >= 15 is 0 Å². The monoisotopic (exact) mass is 445 g/mol. The van der Waals surface area contributed by atoms with Crippen LogP contribution in [-0.4, -0.2) is 26.3 Å². The summed E-state index contributed by atoms with van der Waals surface area (Å²) in [6, 6.07) is 1.93. The number of hydrazine groups is 1. The standard InChI is InChI=1S/C13H12F9N3O2S/c1-7(23-10(2,12(17,18)19)13(20,21)22)24-25-28(26,27)9-5-3-8(4-6-9)11(14,15)16/h3-6,23-25H,1H2,2H3. The molecule has 0 aliphatic heterocycles. The third-order valence-electron chi connectivity index (χ3n) is 3.36. The summed E-state index contributed by atoms with van der Waals surface area (Å²) in [7, 11) is -4.64. The fraction of sp³-hybridized carbons (Fsp3) is 0.385. The summed E-state index contributed by atoms with van der Waals surface area (Å²) in [5, 5.41) is 0.995. The van der Waals surface area contributed by atoms with Crippen LogP contribution in [0.5, 0.6) is 0 Å². The molecule has 0 aliphatic rings. The lowest BCUT2D eigenvalue weighted by atomic mass is 10.0. The second-order valence-electron chi connectivity index (χ2n) is 5.48. The molecule has 0 amide bonds. The third-order valence-corrected chi connectivity index (χ3v) is 4.63. The Bertz CT molecular complexity index is 798. The van der Waals surface area contributed by atoms with Crippen LogP contribution < -0.4 is 15.6 Å². The van der Waals surface area contributed by atoms with Crippen LogP contribution in [0.4, 0.5) is 39.5 Å². The fourth-order valence-electron chi connectivity index (χ4n) is 1.65. The largest absolute Gasteiger partial charge is 0.420 e. The van der Waals surface area contributed by atoms with Gasteiger partial charge in [-0.1, -0.05) is 6.58 Å². The number of rotatable bonds is 6. The Balaban J connectivity index is 2.91. The van der Waals surface area contributed by atoms with E-state index in [1.54, 1.807) is 0 Å². The van der Waals surface area contributed by atoms with Gasteiger partial charge in [-0.15, -0.1) is 4.83 Å². The van der Waals surface area contributed by atoms with Crippen LogP contribution in [0.2, 0.25) is 0 Å². The predicted molar refractivity (Wildman–Crippen MR) is 77.7 cm³/mol. The summed E-state index contributed by atoms with van der Waals surface area (Å²) < 4.78 is 138. The van der Waals surface area contributed by atoms with Gasteiger partial charge in [0, 0.05) is 0 Å². The van der Waals surface area contributed by atoms with Crippen molar-refractivity contribution in [1.82, 2.24) is 15.6 Å². The molecule has 3 N–H and O–H groups in total. The molecule has 0 aromatic heterocycles. The molecule has 1 rings (SSSR count). The van der Waals surface area contributed by atoms with E-state index < -0.39 is 50.4 Å². The molecule has 0 radical (unpaired) electrons. The number of hydrogen-bond acceptors (Lipinski definition) is 4. The average molecular weight is 445 g/mol. The normalized spacial score (nSPS) is 13.9. The van der Waals surface area contributed by atoms with E-state index in [2.05, 4.69) is 6.58 Å². The molecular weight excluding hydrogens is 433 g/mol. The van der Waals surface area contributed by atoms with E-state index in [9.17, 15) is 47.9 Å². The van der Waals surface area contributed by atoms with Crippen molar-refractivity contribution in [1.29, 1.82) is 0 Å². The molecule has 0 atom stereocenters. The smallest absolute Gasteiger partial charge is 0.350 e. The number of sulfonamides is 1. The van der Waals surface area contributed by atoms with Crippen LogP contribution in [0.3, 0.4) is 0 Å². The predicted octanol–water partition coefficient (Wildman–Crippen LogP) is 3.43. The molecule has 0 unspecified atom stereocenters. The van der Waals surface area contributed by atoms with E-state index in [0.29, 0.717) is 24.3 Å². The Kier molecular flexibility index (Phi) is 6.26. The van der Waals surface area contributed by atoms with Crippen molar-refractivity contribution in [3.63, 3.8) is 0 Å². The Labute approximate surface area is 152 Å². The van der Waals surface area contributed by atoms with Crippen molar-refractivity contribution >= 4 is 10.0 Å². The van der Waals surface area contributed by atoms with Crippen molar-refractivity contribution in [3.8, 4) is 0 Å². The van der Waals surface area contributed by atoms with Crippen LogP contribution in [-0.2, 0) is 16.2 Å². The second kappa shape index (κ2) is 7.35. The van der Waals surface area contributed by atoms with Gasteiger partial charge in [-0.2, -0.15) is 39.5 Å². The molecule has 0 spiro atoms. The number of halogens is 9. The highest BCUT2D eigenvalue weighted by Crippen LogP contribution is 2.43. The van der Waals surface area contributed by atoms with Crippen molar-refractivity contribution < 1.29 is 47.9 Å². The average Bonchev–Trinajstić information content (AvgIpc) is 2.50. The zero-order valence-electron chi connectivity index (χ0n) is 13.6. The topological polar surface area (TPSA) is 70.2 Å². The first-order chi connectivity index (χ1) is 12.3. The van der Waals surface area contributed by atoms with Crippen LogP contribution in [0.25, 0.3) is 0 Å². The van der Waals surface area contributed by atoms with Gasteiger partial charge < -0.3 is 5.32 Å². The second-order valence-corrected chi connectivity index (χ2v) is 7.16. The molecule has 1 aromatic rings. The van der Waals surface area contributed by atoms with Gasteiger partial charge in [0.1, 0.15) is 5.82 Å². The van der Waals surface area contributed by atoms with Gasteiger partial charge in [-0.3, -0.25) is 5.43 Å². The molecule has 0 saturated carbocycles. The van der Waals surface area contributed by atoms with E-state index in [1.165, 1.54) is 10.3 Å². The summed E-state index contributed by atoms with van der Waals surface area (Å²) in [6.45, 7) is 2.58. The molecule has 15 heteroatoms. The van der Waals surface area contributed by atoms with E-state index in [1.807, 2.05) is 0 Å². The molecule has 1 aromatic carbocycles. The van der Waals surface area contributed by atoms with Gasteiger partial charge in [-0.05, 0) is 31.2 Å². The molecule has 0 aliphatic carbocycles. The summed E-state index contributed by atoms with van der Waals surface area (Å²) >= 11 is 0. The van der Waals surface area contributed by atoms with E-state index in [0.717, 1.165) is 5.32 Å². The van der Waals surface area contributed by atoms with Crippen molar-refractivity contribution in [2.24, 2.45) is 0 Å². The molecule has 0 fully saturated rings. The van der Waals surface area contributed by atoms with Crippen LogP contribution in [0, 0.1) is 0 Å². The lowest BCUT2D eigenvalue weighted by molar-refractivity contribution is -0.299. The van der Waals surface area contributed by atoms with Crippen LogP contribution in [0.1, 0.15) is 12.5 Å². The molecule has 0 saturated heterocycles. The summed E-state index contributed by atoms with van der Waals surface area (Å²) in [6.07, 6.45) is -16.4. The summed E-state index contributed by atoms with van der Waals surface area (Å²) in [4.78, 5) is 0.662. The van der Waals surface area contributed by atoms with Crippen molar-refractivity contribution in [3.05, 3.63) is 42.2 Å². The Morgan fingerprint density at radius 2 is 1.32 bits per heavy atom. The summed E-state index contributed by atoms with van der Waals surface area (Å²) in [5.41, 5.74) is -4.12. The Hall–Kier alpha value is -2.16. The Morgan fingerprint density at radius 1 is 0.893 bits per heavy atom. The first kappa shape index (κ1) is 23.9. The Morgan fingerprint density at radius 3 is 1.68 bits per heavy atom. The molecule has 160 valence electrons. The molecule has 5 nitrogen and oxygen atoms in total. The van der Waals surface area contributed by atoms with E-state index in [-0.39, 0.29) is 6.92 Å². The SMILES string of the molecule is C=C(NNS(=O)(=O)c1ccc(C(F)(F)F)cc1)NC(C)(C(F)(F)F)C(F)(F)F. The van der Waals surface area contributed by atoms with Gasteiger partial charge in [0.15, 0.2) is 0 Å². The first-order valence-electron chi connectivity index (χ1n) is 6.87. The minimum atomic E-state index is -5.82. The minimum Gasteiger partial charge on any atom is -0.350 e. The van der Waals surface area contributed by atoms with Gasteiger partial charge in [0.2, 0.25) is 5.54 Å². The van der Waals surface area contributed by atoms with Crippen molar-refractivity contribution in [2.45, 2.75) is 35.9 Å². The number of nitrogens with one attached hydrogen (secondary N) is 3. The summed E-state index contributed by atoms with van der Waals surface area (Å²) in [5.74, 6) is -1.22. The quantitative estimate of drug-likeness (QED) is 0.464. The number of alkyl halides is 9. The van der Waals surface area contributed by atoms with Crippen LogP contribution in [0.15, 0.2) is 41.6 Å². The lowest BCUT2D eigenvalue weighted by Crippen LogP contribution is -2.65. The lowest BCUT2D eigenvalue weighted by Gasteiger charge is -2.36. The minimum absolute atomic E-state index is 0.232. The van der Waals surface area contributed by atoms with E-state index in [4.69, 9.17) is 0 Å². The number of hydrogen-bond donors (Lipinski definition) is 3. The van der Waals surface area contributed by atoms with Gasteiger partial charge in [0.25, 0.3) is 10.0 Å². The van der Waals surface area contributed by atoms with Gasteiger partial charge >= 0.3 is 18.5 Å². The molecule has 0 bridgehead atoms. The molecular formula is C13H12F9N3O2S. The number of benzene rings is 1. The maximum atomic E-state index is 12.8. The first-order valence-corrected chi connectivity index (χ1v) is 8.35. The maximum absolute atomic E-state index is 12.8.